The zero-order chi connectivity index (χ0) is 15.8. The van der Waals surface area contributed by atoms with Gasteiger partial charge in [-0.25, -0.2) is 0 Å². The summed E-state index contributed by atoms with van der Waals surface area (Å²) in [6.45, 7) is 4.27. The largest absolute Gasteiger partial charge is 0.351 e. The van der Waals surface area contributed by atoms with Gasteiger partial charge in [-0.3, -0.25) is 9.69 Å². The van der Waals surface area contributed by atoms with Crippen molar-refractivity contribution in [3.63, 3.8) is 0 Å². The molecule has 2 bridgehead atoms. The van der Waals surface area contributed by atoms with Gasteiger partial charge < -0.3 is 10.2 Å². The van der Waals surface area contributed by atoms with Crippen LogP contribution in [0.15, 0.2) is 30.3 Å². The Bertz CT molecular complexity index is 678. The molecule has 1 aromatic heterocycles. The van der Waals surface area contributed by atoms with E-state index in [0.717, 1.165) is 41.9 Å². The van der Waals surface area contributed by atoms with Gasteiger partial charge in [0.2, 0.25) is 0 Å². The Morgan fingerprint density at radius 3 is 2.91 bits per heavy atom. The van der Waals surface area contributed by atoms with Gasteiger partial charge in [-0.05, 0) is 37.4 Å². The fourth-order valence-corrected chi connectivity index (χ4v) is 4.87. The Hall–Kier alpha value is -1.43. The topological polar surface area (TPSA) is 35.6 Å². The number of hydrogen-bond donors (Lipinski definition) is 1. The van der Waals surface area contributed by atoms with Crippen LogP contribution >= 0.6 is 11.3 Å². The molecular formula is C18H23N3OS. The second kappa shape index (κ2) is 6.23. The molecule has 0 saturated carbocycles. The molecule has 1 amide bonds. The summed E-state index contributed by atoms with van der Waals surface area (Å²) in [6, 6.07) is 11.6. The van der Waals surface area contributed by atoms with Crippen molar-refractivity contribution in [2.45, 2.75) is 24.9 Å². The third kappa shape index (κ3) is 3.01. The Kier molecular flexibility index (Phi) is 4.09. The molecule has 3 heterocycles. The van der Waals surface area contributed by atoms with Crippen molar-refractivity contribution >= 4 is 27.3 Å². The molecular weight excluding hydrogens is 306 g/mol. The number of likely N-dealkylation sites (tertiary alicyclic amines) is 2. The standard InChI is InChI=1S/C18H23N3OS/c1-20-11-15-10-14(20)12-21(15)8-4-7-19-18(22)17-9-13-5-2-3-6-16(13)23-17/h2-3,5-6,9,14-15H,4,7-8,10-12H2,1H3,(H,19,22). The normalized spacial score (nSPS) is 24.6. The minimum Gasteiger partial charge on any atom is -0.351 e. The minimum atomic E-state index is 0.0638. The maximum Gasteiger partial charge on any atom is 0.261 e. The molecule has 0 spiro atoms. The molecule has 2 unspecified atom stereocenters. The van der Waals surface area contributed by atoms with E-state index < -0.39 is 0 Å². The van der Waals surface area contributed by atoms with E-state index in [-0.39, 0.29) is 5.91 Å². The SMILES string of the molecule is CN1CC2CC1CN2CCCNC(=O)c1cc2ccccc2s1. The number of likely N-dealkylation sites (N-methyl/N-ethyl adjacent to an activating group) is 1. The van der Waals surface area contributed by atoms with Gasteiger partial charge in [-0.2, -0.15) is 0 Å². The first kappa shape index (κ1) is 15.1. The number of carbonyl (C=O) groups excluding carboxylic acids is 1. The average Bonchev–Trinajstić information content (AvgIpc) is 3.24. The maximum absolute atomic E-state index is 12.3. The molecule has 122 valence electrons. The van der Waals surface area contributed by atoms with Crippen molar-refractivity contribution in [2.75, 3.05) is 33.2 Å². The molecule has 2 aliphatic rings. The van der Waals surface area contributed by atoms with E-state index in [2.05, 4.69) is 34.3 Å². The van der Waals surface area contributed by atoms with Crippen molar-refractivity contribution < 1.29 is 4.79 Å². The van der Waals surface area contributed by atoms with Crippen molar-refractivity contribution in [1.29, 1.82) is 0 Å². The molecule has 5 heteroatoms. The van der Waals surface area contributed by atoms with Gasteiger partial charge >= 0.3 is 0 Å². The predicted molar refractivity (Wildman–Crippen MR) is 95.2 cm³/mol. The summed E-state index contributed by atoms with van der Waals surface area (Å²) in [7, 11) is 2.23. The Morgan fingerprint density at radius 1 is 1.30 bits per heavy atom. The van der Waals surface area contributed by atoms with Crippen LogP contribution in [0.4, 0.5) is 0 Å². The maximum atomic E-state index is 12.3. The monoisotopic (exact) mass is 329 g/mol. The third-order valence-electron chi connectivity index (χ3n) is 5.18. The second-order valence-corrected chi connectivity index (χ2v) is 7.82. The number of hydrogen-bond acceptors (Lipinski definition) is 4. The van der Waals surface area contributed by atoms with E-state index in [1.54, 1.807) is 11.3 Å². The van der Waals surface area contributed by atoms with Crippen molar-refractivity contribution in [2.24, 2.45) is 0 Å². The number of thiophene rings is 1. The number of amides is 1. The number of fused-ring (bicyclic) bond motifs is 3. The molecule has 2 atom stereocenters. The van der Waals surface area contributed by atoms with Crippen LogP contribution < -0.4 is 5.32 Å². The molecule has 23 heavy (non-hydrogen) atoms. The Morgan fingerprint density at radius 2 is 2.17 bits per heavy atom. The molecule has 1 aromatic carbocycles. The zero-order valence-corrected chi connectivity index (χ0v) is 14.3. The van der Waals surface area contributed by atoms with Gasteiger partial charge in [0.25, 0.3) is 5.91 Å². The van der Waals surface area contributed by atoms with Crippen LogP contribution in [-0.2, 0) is 0 Å². The highest BCUT2D eigenvalue weighted by Crippen LogP contribution is 2.29. The minimum absolute atomic E-state index is 0.0638. The fourth-order valence-electron chi connectivity index (χ4n) is 3.89. The number of benzene rings is 1. The number of nitrogens with zero attached hydrogens (tertiary/aromatic N) is 2. The Labute approximate surface area is 141 Å². The molecule has 1 N–H and O–H groups in total. The van der Waals surface area contributed by atoms with Gasteiger partial charge in [0, 0.05) is 43.0 Å². The van der Waals surface area contributed by atoms with Gasteiger partial charge in [0.1, 0.15) is 0 Å². The van der Waals surface area contributed by atoms with Gasteiger partial charge in [-0.1, -0.05) is 18.2 Å². The highest BCUT2D eigenvalue weighted by Gasteiger charge is 2.40. The highest BCUT2D eigenvalue weighted by molar-refractivity contribution is 7.20. The number of carbonyl (C=O) groups is 1. The summed E-state index contributed by atoms with van der Waals surface area (Å²) in [6.07, 6.45) is 2.36. The summed E-state index contributed by atoms with van der Waals surface area (Å²) in [5.41, 5.74) is 0. The van der Waals surface area contributed by atoms with Crippen molar-refractivity contribution in [3.8, 4) is 0 Å². The first-order valence-electron chi connectivity index (χ1n) is 8.42. The molecule has 2 aliphatic heterocycles. The van der Waals surface area contributed by atoms with Crippen molar-refractivity contribution in [3.05, 3.63) is 35.2 Å². The number of nitrogens with one attached hydrogen (secondary N) is 1. The third-order valence-corrected chi connectivity index (χ3v) is 6.30. The lowest BCUT2D eigenvalue weighted by Gasteiger charge is -2.31. The second-order valence-electron chi connectivity index (χ2n) is 6.74. The summed E-state index contributed by atoms with van der Waals surface area (Å²) in [5, 5.41) is 4.22. The highest BCUT2D eigenvalue weighted by atomic mass is 32.1. The molecule has 4 nitrogen and oxygen atoms in total. The van der Waals surface area contributed by atoms with Gasteiger partial charge in [0.15, 0.2) is 0 Å². The molecule has 2 saturated heterocycles. The van der Waals surface area contributed by atoms with E-state index in [1.165, 1.54) is 24.2 Å². The van der Waals surface area contributed by atoms with E-state index >= 15 is 0 Å². The Balaban J connectivity index is 1.24. The summed E-state index contributed by atoms with van der Waals surface area (Å²) in [5.74, 6) is 0.0638. The molecule has 0 radical (unpaired) electrons. The van der Waals surface area contributed by atoms with Crippen LogP contribution in [0.25, 0.3) is 10.1 Å². The quantitative estimate of drug-likeness (QED) is 0.856. The summed E-state index contributed by atoms with van der Waals surface area (Å²) < 4.78 is 1.18. The fraction of sp³-hybridized carbons (Fsp3) is 0.500. The van der Waals surface area contributed by atoms with Crippen LogP contribution in [0.2, 0.25) is 0 Å². The van der Waals surface area contributed by atoms with E-state index in [1.807, 2.05) is 18.2 Å². The summed E-state index contributed by atoms with van der Waals surface area (Å²) >= 11 is 1.57. The molecule has 2 fully saturated rings. The zero-order valence-electron chi connectivity index (χ0n) is 13.5. The van der Waals surface area contributed by atoms with Crippen molar-refractivity contribution in [1.82, 2.24) is 15.1 Å². The number of piperazine rings is 1. The summed E-state index contributed by atoms with van der Waals surface area (Å²) in [4.78, 5) is 18.1. The lowest BCUT2D eigenvalue weighted by Crippen LogP contribution is -2.45. The number of rotatable bonds is 5. The smallest absolute Gasteiger partial charge is 0.261 e. The van der Waals surface area contributed by atoms with Crippen LogP contribution in [0, 0.1) is 0 Å². The van der Waals surface area contributed by atoms with Gasteiger partial charge in [0.05, 0.1) is 4.88 Å². The molecule has 0 aliphatic carbocycles. The van der Waals surface area contributed by atoms with E-state index in [9.17, 15) is 4.79 Å². The van der Waals surface area contributed by atoms with Crippen LogP contribution in [0.1, 0.15) is 22.5 Å². The van der Waals surface area contributed by atoms with Crippen LogP contribution in [-0.4, -0.2) is 61.0 Å². The first-order chi connectivity index (χ1) is 11.2. The molecule has 4 rings (SSSR count). The molecule has 2 aromatic rings. The van der Waals surface area contributed by atoms with Crippen LogP contribution in [0.3, 0.4) is 0 Å². The lowest BCUT2D eigenvalue weighted by molar-refractivity contribution is 0.0953. The van der Waals surface area contributed by atoms with E-state index in [0.29, 0.717) is 0 Å². The van der Waals surface area contributed by atoms with Crippen LogP contribution in [0.5, 0.6) is 0 Å². The first-order valence-corrected chi connectivity index (χ1v) is 9.23. The average molecular weight is 329 g/mol. The predicted octanol–water partition coefficient (Wildman–Crippen LogP) is 2.41. The lowest BCUT2D eigenvalue weighted by atomic mass is 10.2. The van der Waals surface area contributed by atoms with Gasteiger partial charge in [-0.15, -0.1) is 11.3 Å². The van der Waals surface area contributed by atoms with E-state index in [4.69, 9.17) is 0 Å².